The van der Waals surface area contributed by atoms with Crippen LogP contribution in [-0.2, 0) is 4.74 Å². The summed E-state index contributed by atoms with van der Waals surface area (Å²) in [5.41, 5.74) is 0. The van der Waals surface area contributed by atoms with Gasteiger partial charge in [0, 0.05) is 20.2 Å². The van der Waals surface area contributed by atoms with E-state index in [2.05, 4.69) is 10.3 Å². The fraction of sp³-hybridized carbons (Fsp3) is 0.857. The molecule has 0 aliphatic carbocycles. The van der Waals surface area contributed by atoms with E-state index in [1.165, 1.54) is 0 Å². The Hall–Kier alpha value is -0.280. The molecule has 0 saturated carbocycles. The van der Waals surface area contributed by atoms with E-state index in [9.17, 15) is 0 Å². The van der Waals surface area contributed by atoms with Crippen LogP contribution in [0.1, 0.15) is 6.42 Å². The lowest BCUT2D eigenvalue weighted by Crippen LogP contribution is -2.40. The minimum Gasteiger partial charge on any atom is -0.376 e. The molecule has 3 nitrogen and oxygen atoms in total. The lowest BCUT2D eigenvalue weighted by atomic mass is 10.2. The number of aliphatic imine (C=N–C) groups is 1. The third kappa shape index (κ3) is 2.67. The third-order valence-electron chi connectivity index (χ3n) is 1.72. The van der Waals surface area contributed by atoms with Crippen LogP contribution in [0.15, 0.2) is 4.99 Å². The van der Waals surface area contributed by atoms with E-state index in [1.807, 2.05) is 0 Å². The zero-order valence-electron chi connectivity index (χ0n) is 6.64. The third-order valence-corrected chi connectivity index (χ3v) is 1.98. The van der Waals surface area contributed by atoms with Gasteiger partial charge in [0.25, 0.3) is 0 Å². The number of amidine groups is 1. The molecule has 1 rings (SSSR count). The Bertz CT molecular complexity index is 145. The van der Waals surface area contributed by atoms with Crippen molar-refractivity contribution in [1.29, 1.82) is 0 Å². The van der Waals surface area contributed by atoms with E-state index in [1.54, 1.807) is 7.05 Å². The van der Waals surface area contributed by atoms with Gasteiger partial charge in [-0.05, 0) is 6.42 Å². The highest BCUT2D eigenvalue weighted by Crippen LogP contribution is 2.08. The molecule has 1 N–H and O–H groups in total. The van der Waals surface area contributed by atoms with Crippen LogP contribution in [0.3, 0.4) is 0 Å². The van der Waals surface area contributed by atoms with E-state index in [0.29, 0.717) is 12.0 Å². The highest BCUT2D eigenvalue weighted by atomic mass is 35.5. The molecule has 1 saturated heterocycles. The summed E-state index contributed by atoms with van der Waals surface area (Å²) in [5, 5.41) is 3.11. The second-order valence-electron chi connectivity index (χ2n) is 2.47. The maximum absolute atomic E-state index is 5.58. The van der Waals surface area contributed by atoms with Crippen molar-refractivity contribution in [3.63, 3.8) is 0 Å². The van der Waals surface area contributed by atoms with Gasteiger partial charge in [-0.3, -0.25) is 4.99 Å². The highest BCUT2D eigenvalue weighted by Gasteiger charge is 2.17. The van der Waals surface area contributed by atoms with Crippen LogP contribution in [0, 0.1) is 0 Å². The Morgan fingerprint density at radius 2 is 2.55 bits per heavy atom. The van der Waals surface area contributed by atoms with Crippen molar-refractivity contribution in [1.82, 2.24) is 5.32 Å². The van der Waals surface area contributed by atoms with Gasteiger partial charge in [-0.15, -0.1) is 11.6 Å². The van der Waals surface area contributed by atoms with Crippen molar-refractivity contribution in [3.05, 3.63) is 0 Å². The summed E-state index contributed by atoms with van der Waals surface area (Å²) in [6, 6.07) is 0. The fourth-order valence-corrected chi connectivity index (χ4v) is 1.08. The number of nitrogens with zero attached hydrogens (tertiary/aromatic N) is 1. The van der Waals surface area contributed by atoms with Gasteiger partial charge in [0.2, 0.25) is 0 Å². The average Bonchev–Trinajstić information content (AvgIpc) is 1.95. The maximum Gasteiger partial charge on any atom is 0.111 e. The Morgan fingerprint density at radius 3 is 2.91 bits per heavy atom. The van der Waals surface area contributed by atoms with Crippen molar-refractivity contribution in [3.8, 4) is 0 Å². The van der Waals surface area contributed by atoms with E-state index in [-0.39, 0.29) is 0 Å². The minimum atomic E-state index is 0.370. The van der Waals surface area contributed by atoms with E-state index >= 15 is 0 Å². The number of halogens is 1. The Kier molecular flexibility index (Phi) is 3.66. The summed E-state index contributed by atoms with van der Waals surface area (Å²) >= 11 is 5.58. The second kappa shape index (κ2) is 4.57. The topological polar surface area (TPSA) is 33.6 Å². The Balaban J connectivity index is 2.09. The number of hydrogen-bond donors (Lipinski definition) is 1. The predicted octanol–water partition coefficient (Wildman–Crippen LogP) is 0.632. The van der Waals surface area contributed by atoms with Crippen LogP contribution in [0.25, 0.3) is 0 Å². The standard InChI is InChI=1S/C7H13ClN2O/c1-9-7(4-8)10-5-6-2-3-11-6/h6H,2-5H2,1H3,(H,9,10)/t6-/m0/s1. The monoisotopic (exact) mass is 176 g/mol. The highest BCUT2D eigenvalue weighted by molar-refractivity contribution is 6.28. The van der Waals surface area contributed by atoms with Crippen molar-refractivity contribution >= 4 is 17.4 Å². The zero-order valence-corrected chi connectivity index (χ0v) is 7.40. The summed E-state index contributed by atoms with van der Waals surface area (Å²) < 4.78 is 5.21. The Labute approximate surface area is 71.8 Å². The maximum atomic E-state index is 5.58. The first-order chi connectivity index (χ1) is 5.36. The van der Waals surface area contributed by atoms with Crippen LogP contribution in [0.5, 0.6) is 0 Å². The molecule has 1 aliphatic heterocycles. The molecule has 0 spiro atoms. The van der Waals surface area contributed by atoms with Crippen molar-refractivity contribution in [2.75, 3.05) is 26.1 Å². The van der Waals surface area contributed by atoms with Gasteiger partial charge in [-0.1, -0.05) is 0 Å². The van der Waals surface area contributed by atoms with Gasteiger partial charge in [-0.2, -0.15) is 0 Å². The van der Waals surface area contributed by atoms with Gasteiger partial charge < -0.3 is 10.1 Å². The molecular formula is C7H13ClN2O. The summed E-state index contributed by atoms with van der Waals surface area (Å²) in [7, 11) is 1.73. The molecule has 1 fully saturated rings. The van der Waals surface area contributed by atoms with Crippen LogP contribution in [0.4, 0.5) is 0 Å². The molecule has 0 bridgehead atoms. The molecule has 1 heterocycles. The molecule has 4 heteroatoms. The molecule has 1 aliphatic rings. The van der Waals surface area contributed by atoms with Crippen molar-refractivity contribution in [2.24, 2.45) is 4.99 Å². The van der Waals surface area contributed by atoms with E-state index in [4.69, 9.17) is 16.3 Å². The van der Waals surface area contributed by atoms with E-state index in [0.717, 1.165) is 25.4 Å². The van der Waals surface area contributed by atoms with Gasteiger partial charge in [-0.25, -0.2) is 0 Å². The molecule has 0 aromatic heterocycles. The first-order valence-corrected chi connectivity index (χ1v) is 4.27. The summed E-state index contributed by atoms with van der Waals surface area (Å²) in [6.07, 6.45) is 1.52. The minimum absolute atomic E-state index is 0.370. The van der Waals surface area contributed by atoms with Crippen LogP contribution >= 0.6 is 11.6 Å². The number of rotatable bonds is 3. The number of alkyl halides is 1. The SMILES string of the molecule is C/N=C(/CCl)NC[C@@H]1CCO1. The molecule has 1 atom stereocenters. The van der Waals surface area contributed by atoms with Gasteiger partial charge >= 0.3 is 0 Å². The Morgan fingerprint density at radius 1 is 1.82 bits per heavy atom. The normalized spacial score (nSPS) is 24.5. The second-order valence-corrected chi connectivity index (χ2v) is 2.73. The van der Waals surface area contributed by atoms with Gasteiger partial charge in [0.1, 0.15) is 5.84 Å². The first kappa shape index (κ1) is 8.81. The molecule has 64 valence electrons. The molecule has 0 radical (unpaired) electrons. The molecule has 0 aromatic rings. The van der Waals surface area contributed by atoms with Crippen LogP contribution in [0.2, 0.25) is 0 Å². The van der Waals surface area contributed by atoms with Gasteiger partial charge in [0.15, 0.2) is 0 Å². The molecule has 0 unspecified atom stereocenters. The van der Waals surface area contributed by atoms with Crippen molar-refractivity contribution in [2.45, 2.75) is 12.5 Å². The number of hydrogen-bond acceptors (Lipinski definition) is 2. The number of ether oxygens (including phenoxy) is 1. The van der Waals surface area contributed by atoms with Crippen LogP contribution < -0.4 is 5.32 Å². The molecule has 11 heavy (non-hydrogen) atoms. The largest absolute Gasteiger partial charge is 0.376 e. The molecule has 0 aromatic carbocycles. The van der Waals surface area contributed by atoms with E-state index < -0.39 is 0 Å². The smallest absolute Gasteiger partial charge is 0.111 e. The predicted molar refractivity (Wildman–Crippen MR) is 46.4 cm³/mol. The number of nitrogens with one attached hydrogen (secondary N) is 1. The molecule has 0 amide bonds. The summed E-state index contributed by atoms with van der Waals surface area (Å²) in [4.78, 5) is 3.95. The van der Waals surface area contributed by atoms with Gasteiger partial charge in [0.05, 0.1) is 12.0 Å². The lowest BCUT2D eigenvalue weighted by molar-refractivity contribution is -0.0460. The average molecular weight is 177 g/mol. The zero-order chi connectivity index (χ0) is 8.10. The van der Waals surface area contributed by atoms with Crippen molar-refractivity contribution < 1.29 is 4.74 Å². The first-order valence-electron chi connectivity index (χ1n) is 3.74. The summed E-state index contributed by atoms with van der Waals surface area (Å²) in [6.45, 7) is 1.73. The van der Waals surface area contributed by atoms with Crippen LogP contribution in [-0.4, -0.2) is 38.0 Å². The lowest BCUT2D eigenvalue weighted by Gasteiger charge is -2.26. The molecular weight excluding hydrogens is 164 g/mol. The summed E-state index contributed by atoms with van der Waals surface area (Å²) in [5.74, 6) is 1.28. The fourth-order valence-electron chi connectivity index (χ4n) is 0.863. The quantitative estimate of drug-likeness (QED) is 0.389.